The number of nitrogens with zero attached hydrogens (tertiary/aromatic N) is 3. The van der Waals surface area contributed by atoms with Gasteiger partial charge in [-0.3, -0.25) is 9.59 Å². The van der Waals surface area contributed by atoms with Crippen LogP contribution in [0.25, 0.3) is 5.53 Å². The molecule has 0 aliphatic carbocycles. The van der Waals surface area contributed by atoms with Crippen LogP contribution >= 0.6 is 0 Å². The summed E-state index contributed by atoms with van der Waals surface area (Å²) in [6.45, 7) is 3.90. The summed E-state index contributed by atoms with van der Waals surface area (Å²) in [4.78, 5) is 29.6. The number of amides is 1. The zero-order valence-electron chi connectivity index (χ0n) is 16.5. The molecule has 1 heterocycles. The Hall–Kier alpha value is -2.92. The van der Waals surface area contributed by atoms with Crippen LogP contribution in [-0.4, -0.2) is 47.4 Å². The highest BCUT2D eigenvalue weighted by Crippen LogP contribution is 2.29. The highest BCUT2D eigenvalue weighted by atomic mass is 16.5. The zero-order chi connectivity index (χ0) is 20.5. The zero-order valence-corrected chi connectivity index (χ0v) is 16.5. The Labute approximate surface area is 165 Å². The van der Waals surface area contributed by atoms with Gasteiger partial charge in [0.25, 0.3) is 5.78 Å². The van der Waals surface area contributed by atoms with Gasteiger partial charge in [-0.1, -0.05) is 25.3 Å². The van der Waals surface area contributed by atoms with Gasteiger partial charge >= 0.3 is 11.6 Å². The van der Waals surface area contributed by atoms with Gasteiger partial charge in [0.05, 0.1) is 20.8 Å². The van der Waals surface area contributed by atoms with Crippen molar-refractivity contribution in [1.82, 2.24) is 4.90 Å². The lowest BCUT2D eigenvalue weighted by Gasteiger charge is -2.23. The van der Waals surface area contributed by atoms with E-state index in [9.17, 15) is 9.59 Å². The van der Waals surface area contributed by atoms with E-state index in [1.165, 1.54) is 12.0 Å². The van der Waals surface area contributed by atoms with Crippen LogP contribution in [0.4, 0.5) is 0 Å². The monoisotopic (exact) mass is 385 g/mol. The summed E-state index contributed by atoms with van der Waals surface area (Å²) in [6.07, 6.45) is 7.31. The number of carbonyl (C=O) groups is 2. The minimum atomic E-state index is -0.621. The summed E-state index contributed by atoms with van der Waals surface area (Å²) in [5.74, 6) is 0.225. The van der Waals surface area contributed by atoms with Gasteiger partial charge in [0.1, 0.15) is 17.5 Å². The molecule has 0 aromatic heterocycles. The van der Waals surface area contributed by atoms with Crippen molar-refractivity contribution in [1.29, 1.82) is 0 Å². The van der Waals surface area contributed by atoms with Crippen molar-refractivity contribution in [2.45, 2.75) is 51.1 Å². The van der Waals surface area contributed by atoms with Crippen LogP contribution in [0.1, 0.15) is 44.1 Å². The molecule has 7 nitrogen and oxygen atoms in total. The SMILES string of the molecule is C=CCCCCCCC1C(=O)C(=[N+]=[N-])C(=O)N1Cc1ccc(OC)cc1OC. The van der Waals surface area contributed by atoms with Gasteiger partial charge in [-0.05, 0) is 31.4 Å². The fraction of sp³-hybridized carbons (Fsp3) is 0.476. The number of likely N-dealkylation sites (tertiary alicyclic amines) is 1. The molecule has 0 radical (unpaired) electrons. The van der Waals surface area contributed by atoms with Gasteiger partial charge in [-0.2, -0.15) is 4.79 Å². The van der Waals surface area contributed by atoms with E-state index in [1.807, 2.05) is 6.08 Å². The van der Waals surface area contributed by atoms with E-state index in [-0.39, 0.29) is 6.54 Å². The van der Waals surface area contributed by atoms with Gasteiger partial charge in [-0.25, -0.2) is 0 Å². The second-order valence-corrected chi connectivity index (χ2v) is 6.72. The molecule has 0 spiro atoms. The van der Waals surface area contributed by atoms with Crippen molar-refractivity contribution in [3.05, 3.63) is 41.9 Å². The van der Waals surface area contributed by atoms with Crippen LogP contribution in [0.5, 0.6) is 11.5 Å². The van der Waals surface area contributed by atoms with E-state index >= 15 is 0 Å². The Morgan fingerprint density at radius 1 is 1.18 bits per heavy atom. The predicted molar refractivity (Wildman–Crippen MR) is 105 cm³/mol. The molecule has 1 aliphatic heterocycles. The van der Waals surface area contributed by atoms with Crippen molar-refractivity contribution >= 4 is 17.4 Å². The van der Waals surface area contributed by atoms with Crippen molar-refractivity contribution in [3.63, 3.8) is 0 Å². The molecule has 2 rings (SSSR count). The van der Waals surface area contributed by atoms with Crippen LogP contribution in [0, 0.1) is 0 Å². The molecular weight excluding hydrogens is 358 g/mol. The maximum atomic E-state index is 12.6. The van der Waals surface area contributed by atoms with Crippen LogP contribution in [0.15, 0.2) is 30.9 Å². The standard InChI is InChI=1S/C21H27N3O4/c1-4-5-6-7-8-9-10-17-20(25)19(23-22)21(26)24(17)14-15-11-12-16(27-2)13-18(15)28-3/h4,11-13,17H,1,5-10,14H2,2-3H3. The average molecular weight is 385 g/mol. The molecule has 1 aliphatic rings. The first-order chi connectivity index (χ1) is 13.6. The minimum Gasteiger partial charge on any atom is -0.497 e. The maximum absolute atomic E-state index is 12.6. The molecule has 1 aromatic rings. The van der Waals surface area contributed by atoms with Gasteiger partial charge in [0.2, 0.25) is 0 Å². The lowest BCUT2D eigenvalue weighted by molar-refractivity contribution is -0.128. The molecule has 28 heavy (non-hydrogen) atoms. The molecule has 0 bridgehead atoms. The van der Waals surface area contributed by atoms with Crippen molar-refractivity contribution < 1.29 is 23.9 Å². The Morgan fingerprint density at radius 2 is 1.93 bits per heavy atom. The molecule has 7 heteroatoms. The number of Topliss-reactive ketones (excluding diaryl/α,β-unsaturated/α-hetero) is 1. The largest absolute Gasteiger partial charge is 0.497 e. The highest BCUT2D eigenvalue weighted by molar-refractivity contribution is 6.67. The van der Waals surface area contributed by atoms with Crippen molar-refractivity contribution in [2.24, 2.45) is 0 Å². The van der Waals surface area contributed by atoms with Crippen LogP contribution in [0.2, 0.25) is 0 Å². The molecule has 1 saturated heterocycles. The second kappa shape index (κ2) is 10.4. The number of carbonyl (C=O) groups excluding carboxylic acids is 2. The molecule has 0 N–H and O–H groups in total. The minimum absolute atomic E-state index is 0.192. The first kappa shape index (κ1) is 21.4. The van der Waals surface area contributed by atoms with Crippen molar-refractivity contribution in [3.8, 4) is 11.5 Å². The van der Waals surface area contributed by atoms with E-state index in [1.54, 1.807) is 25.3 Å². The van der Waals surface area contributed by atoms with E-state index in [0.29, 0.717) is 17.9 Å². The number of hydrogen-bond donors (Lipinski definition) is 0. The summed E-state index contributed by atoms with van der Waals surface area (Å²) in [7, 11) is 3.10. The quantitative estimate of drug-likeness (QED) is 0.253. The summed E-state index contributed by atoms with van der Waals surface area (Å²) in [5.41, 5.74) is 9.47. The first-order valence-corrected chi connectivity index (χ1v) is 9.46. The Balaban J connectivity index is 2.14. The highest BCUT2D eigenvalue weighted by Gasteiger charge is 2.50. The number of allylic oxidation sites excluding steroid dienone is 1. The van der Waals surface area contributed by atoms with Gasteiger partial charge in [0.15, 0.2) is 0 Å². The summed E-state index contributed by atoms with van der Waals surface area (Å²) in [5, 5.41) is 0. The normalized spacial score (nSPS) is 16.3. The van der Waals surface area contributed by atoms with Gasteiger partial charge in [-0.15, -0.1) is 6.58 Å². The number of methoxy groups -OCH3 is 2. The summed E-state index contributed by atoms with van der Waals surface area (Å²) < 4.78 is 10.6. The van der Waals surface area contributed by atoms with E-state index in [4.69, 9.17) is 15.0 Å². The third kappa shape index (κ3) is 4.87. The van der Waals surface area contributed by atoms with Gasteiger partial charge < -0.3 is 19.9 Å². The molecule has 1 aromatic carbocycles. The molecule has 1 unspecified atom stereocenters. The number of ether oxygens (including phenoxy) is 2. The lowest BCUT2D eigenvalue weighted by atomic mass is 10.0. The molecule has 1 amide bonds. The molecule has 150 valence electrons. The van der Waals surface area contributed by atoms with Gasteiger partial charge in [0, 0.05) is 11.6 Å². The van der Waals surface area contributed by atoms with E-state index < -0.39 is 23.4 Å². The number of rotatable bonds is 11. The van der Waals surface area contributed by atoms with Crippen LogP contribution in [0.3, 0.4) is 0 Å². The van der Waals surface area contributed by atoms with Crippen LogP contribution in [-0.2, 0) is 16.1 Å². The number of benzene rings is 1. The van der Waals surface area contributed by atoms with Crippen molar-refractivity contribution in [2.75, 3.05) is 14.2 Å². The van der Waals surface area contributed by atoms with Crippen LogP contribution < -0.4 is 9.47 Å². The Bertz CT molecular complexity index is 784. The predicted octanol–water partition coefficient (Wildman–Crippen LogP) is 3.18. The number of ketones is 1. The van der Waals surface area contributed by atoms with E-state index in [2.05, 4.69) is 11.4 Å². The molecule has 0 saturated carbocycles. The average Bonchev–Trinajstić information content (AvgIpc) is 2.93. The second-order valence-electron chi connectivity index (χ2n) is 6.72. The third-order valence-corrected chi connectivity index (χ3v) is 4.95. The Morgan fingerprint density at radius 3 is 2.57 bits per heavy atom. The third-order valence-electron chi connectivity index (χ3n) is 4.95. The Kier molecular flexibility index (Phi) is 7.96. The molecule has 1 fully saturated rings. The number of hydrogen-bond acceptors (Lipinski definition) is 4. The molecule has 1 atom stereocenters. The summed E-state index contributed by atoms with van der Waals surface area (Å²) in [6, 6.07) is 4.68. The fourth-order valence-corrected chi connectivity index (χ4v) is 3.39. The van der Waals surface area contributed by atoms with E-state index in [0.717, 1.165) is 37.7 Å². The fourth-order valence-electron chi connectivity index (χ4n) is 3.39. The maximum Gasteiger partial charge on any atom is 0.424 e. The smallest absolute Gasteiger partial charge is 0.424 e. The number of unbranched alkanes of at least 4 members (excludes halogenated alkanes) is 4. The first-order valence-electron chi connectivity index (χ1n) is 9.46. The lowest BCUT2D eigenvalue weighted by Crippen LogP contribution is -2.35. The molecular formula is C21H27N3O4. The topological polar surface area (TPSA) is 92.2 Å². The summed E-state index contributed by atoms with van der Waals surface area (Å²) >= 11 is 0.